The number of aromatic hydroxyl groups is 1. The van der Waals surface area contributed by atoms with Crippen molar-refractivity contribution in [3.63, 3.8) is 0 Å². The van der Waals surface area contributed by atoms with Crippen LogP contribution in [-0.4, -0.2) is 29.8 Å². The summed E-state index contributed by atoms with van der Waals surface area (Å²) in [5, 5.41) is 22.1. The van der Waals surface area contributed by atoms with Crippen LogP contribution < -0.4 is 10.1 Å². The van der Waals surface area contributed by atoms with Gasteiger partial charge < -0.3 is 20.3 Å². The highest BCUT2D eigenvalue weighted by atomic mass is 16.5. The van der Waals surface area contributed by atoms with Crippen molar-refractivity contribution in [3.8, 4) is 11.5 Å². The number of methoxy groups -OCH3 is 1. The van der Waals surface area contributed by atoms with Crippen LogP contribution in [0.15, 0.2) is 48.5 Å². The number of rotatable bonds is 6. The molecule has 0 heterocycles. The lowest BCUT2D eigenvalue weighted by Crippen LogP contribution is -2.30. The molecule has 0 aliphatic carbocycles. The molecule has 0 aliphatic heterocycles. The second kappa shape index (κ2) is 7.47. The highest BCUT2D eigenvalue weighted by Crippen LogP contribution is 2.26. The first-order valence-corrected chi connectivity index (χ1v) is 6.98. The van der Waals surface area contributed by atoms with Crippen LogP contribution >= 0.6 is 0 Å². The van der Waals surface area contributed by atoms with Crippen LogP contribution in [0.3, 0.4) is 0 Å². The Labute approximate surface area is 129 Å². The summed E-state index contributed by atoms with van der Waals surface area (Å²) < 4.78 is 5.03. The molecule has 0 aromatic heterocycles. The monoisotopic (exact) mass is 301 g/mol. The van der Waals surface area contributed by atoms with Crippen LogP contribution in [0, 0.1) is 0 Å². The van der Waals surface area contributed by atoms with Crippen LogP contribution in [0.5, 0.6) is 11.5 Å². The summed E-state index contributed by atoms with van der Waals surface area (Å²) in [6.45, 7) is 0.386. The number of carbonyl (C=O) groups is 1. The molecule has 2 aromatic rings. The third-order valence-electron chi connectivity index (χ3n) is 3.32. The zero-order valence-corrected chi connectivity index (χ0v) is 12.3. The molecule has 1 amide bonds. The van der Waals surface area contributed by atoms with Crippen molar-refractivity contribution < 1.29 is 19.7 Å². The summed E-state index contributed by atoms with van der Waals surface area (Å²) in [7, 11) is 1.48. The van der Waals surface area contributed by atoms with E-state index in [4.69, 9.17) is 4.74 Å². The number of carbonyl (C=O) groups excluding carboxylic acids is 1. The van der Waals surface area contributed by atoms with E-state index in [9.17, 15) is 15.0 Å². The fraction of sp³-hybridized carbons (Fsp3) is 0.235. The van der Waals surface area contributed by atoms with Crippen LogP contribution in [0.2, 0.25) is 0 Å². The van der Waals surface area contributed by atoms with E-state index in [2.05, 4.69) is 5.32 Å². The summed E-state index contributed by atoms with van der Waals surface area (Å²) in [5.74, 6) is 0.0416. The lowest BCUT2D eigenvalue weighted by molar-refractivity contribution is -0.129. The van der Waals surface area contributed by atoms with Crippen LogP contribution in [0.25, 0.3) is 0 Å². The second-order valence-electron chi connectivity index (χ2n) is 4.86. The molecule has 116 valence electrons. The van der Waals surface area contributed by atoms with E-state index in [0.717, 1.165) is 5.56 Å². The third kappa shape index (κ3) is 3.99. The molecule has 5 nitrogen and oxygen atoms in total. The maximum absolute atomic E-state index is 11.9. The number of phenolic OH excluding ortho intramolecular Hbond substituents is 1. The molecule has 0 bridgehead atoms. The van der Waals surface area contributed by atoms with Crippen LogP contribution in [-0.2, 0) is 11.2 Å². The highest BCUT2D eigenvalue weighted by Gasteiger charge is 2.16. The Morgan fingerprint density at radius 1 is 1.23 bits per heavy atom. The Morgan fingerprint density at radius 3 is 2.64 bits per heavy atom. The van der Waals surface area contributed by atoms with Gasteiger partial charge in [0.05, 0.1) is 7.11 Å². The first kappa shape index (κ1) is 15.9. The largest absolute Gasteiger partial charge is 0.504 e. The van der Waals surface area contributed by atoms with Crippen molar-refractivity contribution in [2.24, 2.45) is 0 Å². The fourth-order valence-corrected chi connectivity index (χ4v) is 2.09. The van der Waals surface area contributed by atoms with E-state index in [-0.39, 0.29) is 5.75 Å². The van der Waals surface area contributed by atoms with Gasteiger partial charge in [0, 0.05) is 6.54 Å². The molecule has 3 N–H and O–H groups in total. The second-order valence-corrected chi connectivity index (χ2v) is 4.86. The van der Waals surface area contributed by atoms with Gasteiger partial charge in [-0.3, -0.25) is 4.79 Å². The van der Waals surface area contributed by atoms with E-state index in [1.165, 1.54) is 7.11 Å². The Morgan fingerprint density at radius 2 is 1.95 bits per heavy atom. The molecule has 0 saturated heterocycles. The van der Waals surface area contributed by atoms with Gasteiger partial charge in [-0.2, -0.15) is 0 Å². The number of hydrogen-bond acceptors (Lipinski definition) is 4. The Kier molecular flexibility index (Phi) is 5.38. The number of aliphatic hydroxyl groups is 1. The van der Waals surface area contributed by atoms with Gasteiger partial charge >= 0.3 is 0 Å². The molecule has 0 spiro atoms. The van der Waals surface area contributed by atoms with Gasteiger partial charge in [0.25, 0.3) is 5.91 Å². The number of ether oxygens (including phenoxy) is 1. The molecule has 1 atom stereocenters. The Hall–Kier alpha value is -2.53. The third-order valence-corrected chi connectivity index (χ3v) is 3.32. The van der Waals surface area contributed by atoms with Crippen molar-refractivity contribution in [2.75, 3.05) is 13.7 Å². The van der Waals surface area contributed by atoms with Crippen molar-refractivity contribution in [2.45, 2.75) is 12.5 Å². The van der Waals surface area contributed by atoms with Crippen molar-refractivity contribution in [1.29, 1.82) is 0 Å². The lowest BCUT2D eigenvalue weighted by atomic mass is 10.1. The minimum Gasteiger partial charge on any atom is -0.504 e. The molecule has 0 radical (unpaired) electrons. The Bertz CT molecular complexity index is 628. The first-order valence-electron chi connectivity index (χ1n) is 6.98. The van der Waals surface area contributed by atoms with Gasteiger partial charge in [0.2, 0.25) is 0 Å². The number of amides is 1. The normalized spacial score (nSPS) is 11.7. The number of hydrogen-bond donors (Lipinski definition) is 3. The van der Waals surface area contributed by atoms with Gasteiger partial charge in [-0.05, 0) is 29.7 Å². The average Bonchev–Trinajstić information content (AvgIpc) is 2.56. The van der Waals surface area contributed by atoms with Gasteiger partial charge in [0.1, 0.15) is 0 Å². The van der Waals surface area contributed by atoms with Gasteiger partial charge in [0.15, 0.2) is 17.6 Å². The first-order chi connectivity index (χ1) is 10.6. The molecular formula is C17H19NO4. The predicted octanol–water partition coefficient (Wildman–Crippen LogP) is 1.79. The molecule has 0 saturated carbocycles. The maximum Gasteiger partial charge on any atom is 0.253 e. The van der Waals surface area contributed by atoms with Crippen LogP contribution in [0.1, 0.15) is 17.2 Å². The quantitative estimate of drug-likeness (QED) is 0.760. The molecular weight excluding hydrogens is 282 g/mol. The SMILES string of the molecule is COc1cc(CCNC(=O)[C@H](O)c2ccccc2)ccc1O. The maximum atomic E-state index is 11.9. The zero-order valence-electron chi connectivity index (χ0n) is 12.3. The van der Waals surface area contributed by atoms with Crippen molar-refractivity contribution in [3.05, 3.63) is 59.7 Å². The summed E-state index contributed by atoms with van der Waals surface area (Å²) in [6, 6.07) is 13.8. The number of phenols is 1. The molecule has 0 unspecified atom stereocenters. The van der Waals surface area contributed by atoms with E-state index in [0.29, 0.717) is 24.3 Å². The van der Waals surface area contributed by atoms with Gasteiger partial charge in [-0.1, -0.05) is 36.4 Å². The average molecular weight is 301 g/mol. The lowest BCUT2D eigenvalue weighted by Gasteiger charge is -2.12. The molecule has 5 heteroatoms. The molecule has 2 rings (SSSR count). The van der Waals surface area contributed by atoms with Crippen LogP contribution in [0.4, 0.5) is 0 Å². The summed E-state index contributed by atoms with van der Waals surface area (Å²) >= 11 is 0. The van der Waals surface area contributed by atoms with Gasteiger partial charge in [-0.15, -0.1) is 0 Å². The summed E-state index contributed by atoms with van der Waals surface area (Å²) in [5.41, 5.74) is 1.48. The number of aliphatic hydroxyl groups excluding tert-OH is 1. The molecule has 2 aromatic carbocycles. The van der Waals surface area contributed by atoms with E-state index >= 15 is 0 Å². The zero-order chi connectivity index (χ0) is 15.9. The van der Waals surface area contributed by atoms with Gasteiger partial charge in [-0.25, -0.2) is 0 Å². The molecule has 0 aliphatic rings. The molecule has 22 heavy (non-hydrogen) atoms. The smallest absolute Gasteiger partial charge is 0.253 e. The number of nitrogens with one attached hydrogen (secondary N) is 1. The Balaban J connectivity index is 1.87. The highest BCUT2D eigenvalue weighted by molar-refractivity contribution is 5.81. The fourth-order valence-electron chi connectivity index (χ4n) is 2.09. The molecule has 0 fully saturated rings. The topological polar surface area (TPSA) is 78.8 Å². The minimum absolute atomic E-state index is 0.0785. The van der Waals surface area contributed by atoms with E-state index < -0.39 is 12.0 Å². The standard InChI is InChI=1S/C17H19NO4/c1-22-15-11-12(7-8-14(15)19)9-10-18-17(21)16(20)13-5-3-2-4-6-13/h2-8,11,16,19-20H,9-10H2,1H3,(H,18,21)/t16-/m1/s1. The van der Waals surface area contributed by atoms with Crippen molar-refractivity contribution in [1.82, 2.24) is 5.32 Å². The number of benzene rings is 2. The van der Waals surface area contributed by atoms with Crippen molar-refractivity contribution >= 4 is 5.91 Å². The summed E-state index contributed by atoms with van der Waals surface area (Å²) in [4.78, 5) is 11.9. The summed E-state index contributed by atoms with van der Waals surface area (Å²) in [6.07, 6.45) is -0.597. The van der Waals surface area contributed by atoms with E-state index in [1.54, 1.807) is 42.5 Å². The van der Waals surface area contributed by atoms with E-state index in [1.807, 2.05) is 6.07 Å². The minimum atomic E-state index is -1.17. The predicted molar refractivity (Wildman–Crippen MR) is 82.8 cm³/mol.